The summed E-state index contributed by atoms with van der Waals surface area (Å²) in [5.74, 6) is -0.418. The minimum atomic E-state index is -4.57. The van der Waals surface area contributed by atoms with Gasteiger partial charge in [0.1, 0.15) is 42.2 Å². The maximum Gasteiger partial charge on any atom is 0.408 e. The summed E-state index contributed by atoms with van der Waals surface area (Å²) >= 11 is 0. The minimum absolute atomic E-state index is 0.192. The Kier molecular flexibility index (Phi) is 7.10. The first-order valence-corrected chi connectivity index (χ1v) is 12.7. The van der Waals surface area contributed by atoms with Crippen molar-refractivity contribution >= 4 is 17.8 Å². The van der Waals surface area contributed by atoms with Gasteiger partial charge in [-0.3, -0.25) is 15.0 Å². The molecule has 4 aliphatic heterocycles. The van der Waals surface area contributed by atoms with E-state index in [0.29, 0.717) is 43.4 Å². The molecule has 2 fully saturated rings. The van der Waals surface area contributed by atoms with Gasteiger partial charge in [-0.1, -0.05) is 6.08 Å². The largest absolute Gasteiger partial charge is 0.491 e. The average Bonchev–Trinajstić information content (AvgIpc) is 3.45. The second-order valence-corrected chi connectivity index (χ2v) is 10.3. The van der Waals surface area contributed by atoms with E-state index in [0.717, 1.165) is 6.92 Å². The molecule has 0 spiro atoms. The quantitative estimate of drug-likeness (QED) is 0.493. The van der Waals surface area contributed by atoms with E-state index in [9.17, 15) is 22.8 Å². The molecule has 4 aliphatic rings. The summed E-state index contributed by atoms with van der Waals surface area (Å²) in [4.78, 5) is 33.9. The molecule has 39 heavy (non-hydrogen) atoms. The van der Waals surface area contributed by atoms with Crippen LogP contribution in [0, 0.1) is 0 Å². The first-order chi connectivity index (χ1) is 18.4. The number of urea groups is 1. The van der Waals surface area contributed by atoms with Crippen molar-refractivity contribution in [3.8, 4) is 5.75 Å². The van der Waals surface area contributed by atoms with Crippen LogP contribution >= 0.6 is 0 Å². The standard InChI is InChI=1S/C25H31F3N6O5/c1-14(25(26,27)28)30-22(35)18-4-5-19-21(31-18)34(15-7-9-33(19)11-15)23(36)32-20-10-16(6-8-29-20)37-12-17-13-38-24(2,3)39-17/h4-6,8,10,14-15,17-18,31H,7,9,11-13H2,1-3H3,(H,30,35)(H,29,32,36)/t14-,15+,17+,18?/m1/s1. The van der Waals surface area contributed by atoms with Crippen molar-refractivity contribution in [1.29, 1.82) is 0 Å². The third kappa shape index (κ3) is 5.91. The van der Waals surface area contributed by atoms with Gasteiger partial charge in [0.15, 0.2) is 5.79 Å². The maximum absolute atomic E-state index is 13.5. The van der Waals surface area contributed by atoms with Crippen LogP contribution < -0.4 is 20.7 Å². The van der Waals surface area contributed by atoms with E-state index < -0.39 is 36.0 Å². The number of nitrogens with zero attached hydrogens (tertiary/aromatic N) is 3. The van der Waals surface area contributed by atoms with Crippen LogP contribution in [0.25, 0.3) is 0 Å². The normalized spacial score (nSPS) is 26.2. The molecule has 2 bridgehead atoms. The predicted octanol–water partition coefficient (Wildman–Crippen LogP) is 2.30. The van der Waals surface area contributed by atoms with Gasteiger partial charge < -0.3 is 29.7 Å². The Morgan fingerprint density at radius 2 is 2.15 bits per heavy atom. The van der Waals surface area contributed by atoms with Gasteiger partial charge in [0, 0.05) is 25.4 Å². The number of carbonyl (C=O) groups is 2. The molecule has 1 aromatic rings. The highest BCUT2D eigenvalue weighted by Gasteiger charge is 2.44. The molecule has 0 aliphatic carbocycles. The van der Waals surface area contributed by atoms with E-state index in [-0.39, 0.29) is 24.6 Å². The number of hydrogen-bond donors (Lipinski definition) is 3. The molecule has 2 saturated heterocycles. The van der Waals surface area contributed by atoms with Gasteiger partial charge in [-0.2, -0.15) is 13.2 Å². The van der Waals surface area contributed by atoms with Gasteiger partial charge in [-0.05, 0) is 39.3 Å². The van der Waals surface area contributed by atoms with Gasteiger partial charge in [0.25, 0.3) is 0 Å². The number of ether oxygens (including phenoxy) is 3. The lowest BCUT2D eigenvalue weighted by Gasteiger charge is -2.41. The first kappa shape index (κ1) is 27.1. The lowest BCUT2D eigenvalue weighted by molar-refractivity contribution is -0.158. The summed E-state index contributed by atoms with van der Waals surface area (Å²) < 4.78 is 56.0. The zero-order chi connectivity index (χ0) is 27.9. The molecular formula is C25H31F3N6O5. The number of hydrogen-bond acceptors (Lipinski definition) is 8. The Bertz CT molecular complexity index is 1190. The van der Waals surface area contributed by atoms with Gasteiger partial charge in [0.2, 0.25) is 5.91 Å². The van der Waals surface area contributed by atoms with Crippen LogP contribution in [0.3, 0.4) is 0 Å². The Hall–Kier alpha value is -3.52. The molecular weight excluding hydrogens is 521 g/mol. The monoisotopic (exact) mass is 552 g/mol. The topological polar surface area (TPSA) is 117 Å². The van der Waals surface area contributed by atoms with Crippen LogP contribution in [0.15, 0.2) is 42.0 Å². The molecule has 212 valence electrons. The first-order valence-electron chi connectivity index (χ1n) is 12.7. The van der Waals surface area contributed by atoms with Crippen LogP contribution in [0.2, 0.25) is 0 Å². The molecule has 0 saturated carbocycles. The fourth-order valence-electron chi connectivity index (χ4n) is 4.92. The number of carbonyl (C=O) groups excluding carboxylic acids is 2. The van der Waals surface area contributed by atoms with Crippen molar-refractivity contribution in [2.75, 3.05) is 31.6 Å². The number of anilines is 1. The van der Waals surface area contributed by atoms with Crippen molar-refractivity contribution in [3.05, 3.63) is 42.0 Å². The maximum atomic E-state index is 13.5. The number of nitrogens with one attached hydrogen (secondary N) is 3. The third-order valence-corrected chi connectivity index (χ3v) is 6.91. The fraction of sp³-hybridized carbons (Fsp3) is 0.560. The lowest BCUT2D eigenvalue weighted by Crippen LogP contribution is -2.57. The van der Waals surface area contributed by atoms with E-state index in [1.807, 2.05) is 19.2 Å². The van der Waals surface area contributed by atoms with E-state index >= 15 is 0 Å². The van der Waals surface area contributed by atoms with Crippen LogP contribution in [0.5, 0.6) is 5.75 Å². The highest BCUT2D eigenvalue weighted by molar-refractivity contribution is 5.91. The molecule has 5 rings (SSSR count). The van der Waals surface area contributed by atoms with Crippen molar-refractivity contribution in [2.45, 2.75) is 63.4 Å². The zero-order valence-corrected chi connectivity index (χ0v) is 21.7. The highest BCUT2D eigenvalue weighted by Crippen LogP contribution is 2.34. The predicted molar refractivity (Wildman–Crippen MR) is 132 cm³/mol. The van der Waals surface area contributed by atoms with Gasteiger partial charge in [-0.25, -0.2) is 9.78 Å². The second-order valence-electron chi connectivity index (χ2n) is 10.3. The number of rotatable bonds is 6. The van der Waals surface area contributed by atoms with Crippen molar-refractivity contribution in [3.63, 3.8) is 0 Å². The van der Waals surface area contributed by atoms with Gasteiger partial charge in [0.05, 0.1) is 18.3 Å². The molecule has 0 aromatic carbocycles. The number of pyridine rings is 1. The number of alkyl halides is 3. The van der Waals surface area contributed by atoms with Gasteiger partial charge >= 0.3 is 12.2 Å². The van der Waals surface area contributed by atoms with Crippen molar-refractivity contribution in [2.24, 2.45) is 0 Å². The van der Waals surface area contributed by atoms with Crippen LogP contribution in [0.1, 0.15) is 27.2 Å². The van der Waals surface area contributed by atoms with Gasteiger partial charge in [-0.15, -0.1) is 0 Å². The highest BCUT2D eigenvalue weighted by atomic mass is 19.4. The minimum Gasteiger partial charge on any atom is -0.491 e. The molecule has 11 nitrogen and oxygen atoms in total. The van der Waals surface area contributed by atoms with E-state index in [4.69, 9.17) is 14.2 Å². The summed E-state index contributed by atoms with van der Waals surface area (Å²) in [6, 6.07) is -0.528. The Morgan fingerprint density at radius 3 is 2.87 bits per heavy atom. The third-order valence-electron chi connectivity index (χ3n) is 6.91. The smallest absolute Gasteiger partial charge is 0.408 e. The number of dihydropyridines is 1. The SMILES string of the molecule is C[C@@H](NC(=O)C1C=CC2=C(N1)N(C(=O)Nc1cc(OC[C@H]3COC(C)(C)O3)ccn1)[C@H]1CCN2C1)C(F)(F)F. The van der Waals surface area contributed by atoms with Crippen LogP contribution in [-0.4, -0.2) is 89.2 Å². The molecule has 4 atom stereocenters. The fourth-order valence-corrected chi connectivity index (χ4v) is 4.92. The molecule has 3 N–H and O–H groups in total. The van der Waals surface area contributed by atoms with E-state index in [2.05, 4.69) is 20.5 Å². The van der Waals surface area contributed by atoms with Crippen molar-refractivity contribution < 1.29 is 37.0 Å². The zero-order valence-electron chi connectivity index (χ0n) is 21.7. The summed E-state index contributed by atoms with van der Waals surface area (Å²) in [6.45, 7) is 6.49. The lowest BCUT2D eigenvalue weighted by atomic mass is 10.1. The number of amides is 3. The summed E-state index contributed by atoms with van der Waals surface area (Å²) in [5, 5.41) is 7.72. The molecule has 5 heterocycles. The van der Waals surface area contributed by atoms with E-state index in [1.54, 1.807) is 18.2 Å². The van der Waals surface area contributed by atoms with E-state index in [1.165, 1.54) is 17.2 Å². The second kappa shape index (κ2) is 10.2. The number of halogens is 3. The Morgan fingerprint density at radius 1 is 1.36 bits per heavy atom. The molecule has 1 aromatic heterocycles. The summed E-state index contributed by atoms with van der Waals surface area (Å²) in [5.41, 5.74) is 0.693. The number of allylic oxidation sites excluding steroid dienone is 1. The Labute approximate surface area is 223 Å². The molecule has 1 unspecified atom stereocenters. The Balaban J connectivity index is 1.26. The van der Waals surface area contributed by atoms with Crippen LogP contribution in [-0.2, 0) is 14.3 Å². The molecule has 14 heteroatoms. The number of fused-ring (bicyclic) bond motifs is 3. The van der Waals surface area contributed by atoms with Crippen molar-refractivity contribution in [1.82, 2.24) is 25.4 Å². The average molecular weight is 553 g/mol. The summed E-state index contributed by atoms with van der Waals surface area (Å²) in [7, 11) is 0. The summed E-state index contributed by atoms with van der Waals surface area (Å²) in [6.07, 6.45) is 0.551. The number of aromatic nitrogens is 1. The molecule has 0 radical (unpaired) electrons. The van der Waals surface area contributed by atoms with Crippen LogP contribution in [0.4, 0.5) is 23.8 Å². The molecule has 3 amide bonds.